The van der Waals surface area contributed by atoms with Crippen LogP contribution in [-0.2, 0) is 21.4 Å². The van der Waals surface area contributed by atoms with Crippen molar-refractivity contribution in [2.45, 2.75) is 32.1 Å². The summed E-state index contributed by atoms with van der Waals surface area (Å²) in [4.78, 5) is 23.4. The van der Waals surface area contributed by atoms with Gasteiger partial charge in [-0.3, -0.25) is 9.59 Å². The maximum Gasteiger partial charge on any atom is 0.325 e. The van der Waals surface area contributed by atoms with Gasteiger partial charge in [-0.1, -0.05) is 13.8 Å². The maximum atomic E-state index is 11.3. The van der Waals surface area contributed by atoms with Crippen LogP contribution in [0.15, 0.2) is 11.4 Å². The Morgan fingerprint density at radius 1 is 1.31 bits per heavy atom. The molecule has 0 amide bonds. The summed E-state index contributed by atoms with van der Waals surface area (Å²) >= 11 is 1.40. The van der Waals surface area contributed by atoms with Crippen LogP contribution in [0.3, 0.4) is 0 Å². The van der Waals surface area contributed by atoms with Crippen LogP contribution in [0.25, 0.3) is 0 Å². The highest BCUT2D eigenvalue weighted by Crippen LogP contribution is 2.34. The first-order valence-electron chi connectivity index (χ1n) is 5.04. The Kier molecular flexibility index (Phi) is 3.70. The largest absolute Gasteiger partial charge is 0.480 e. The molecule has 0 radical (unpaired) electrons. The molecule has 0 atom stereocenters. The number of hydrogen-bond donors (Lipinski definition) is 2. The molecule has 5 heteroatoms. The quantitative estimate of drug-likeness (QED) is 0.776. The Balaban J connectivity index is 3.42. The van der Waals surface area contributed by atoms with Crippen LogP contribution in [0.5, 0.6) is 0 Å². The Hall–Kier alpha value is -1.36. The summed E-state index contributed by atoms with van der Waals surface area (Å²) in [7, 11) is 0. The van der Waals surface area contributed by atoms with Crippen LogP contribution in [0.2, 0.25) is 0 Å². The zero-order valence-electron chi connectivity index (χ0n) is 9.19. The number of carbonyl (C=O) groups is 2. The lowest BCUT2D eigenvalue weighted by Crippen LogP contribution is -2.43. The first-order chi connectivity index (χ1) is 7.50. The zero-order chi connectivity index (χ0) is 12.3. The maximum absolute atomic E-state index is 11.3. The fraction of sp³-hybridized carbons (Fsp3) is 0.455. The average Bonchev–Trinajstić information content (AvgIpc) is 2.67. The van der Waals surface area contributed by atoms with Crippen LogP contribution in [0.1, 0.15) is 30.7 Å². The van der Waals surface area contributed by atoms with Crippen molar-refractivity contribution in [1.29, 1.82) is 0 Å². The summed E-state index contributed by atoms with van der Waals surface area (Å²) in [5.74, 6) is -2.59. The third-order valence-electron chi connectivity index (χ3n) is 2.79. The van der Waals surface area contributed by atoms with Crippen LogP contribution in [-0.4, -0.2) is 22.2 Å². The number of thiophene rings is 1. The van der Waals surface area contributed by atoms with Gasteiger partial charge in [-0.15, -0.1) is 11.3 Å². The van der Waals surface area contributed by atoms with Gasteiger partial charge in [0.05, 0.1) is 0 Å². The van der Waals surface area contributed by atoms with E-state index >= 15 is 0 Å². The van der Waals surface area contributed by atoms with Crippen molar-refractivity contribution in [3.8, 4) is 0 Å². The summed E-state index contributed by atoms with van der Waals surface area (Å²) in [5.41, 5.74) is -1.38. The molecule has 0 aliphatic carbocycles. The van der Waals surface area contributed by atoms with Crippen molar-refractivity contribution in [2.24, 2.45) is 0 Å². The normalized spacial score (nSPS) is 11.4. The molecule has 0 bridgehead atoms. The van der Waals surface area contributed by atoms with Gasteiger partial charge in [0, 0.05) is 4.88 Å². The topological polar surface area (TPSA) is 74.6 Å². The van der Waals surface area contributed by atoms with E-state index in [0.717, 1.165) is 4.88 Å². The Labute approximate surface area is 97.5 Å². The molecule has 16 heavy (non-hydrogen) atoms. The van der Waals surface area contributed by atoms with Gasteiger partial charge in [0.15, 0.2) is 5.41 Å². The van der Waals surface area contributed by atoms with Crippen molar-refractivity contribution in [1.82, 2.24) is 0 Å². The molecule has 4 nitrogen and oxygen atoms in total. The van der Waals surface area contributed by atoms with E-state index in [1.54, 1.807) is 18.4 Å². The van der Waals surface area contributed by atoms with Gasteiger partial charge in [-0.2, -0.15) is 0 Å². The number of carboxylic acids is 2. The standard InChI is InChI=1S/C11H14O4S/c1-3-8-7(5-6-16-8)11(4-2,9(12)13)10(14)15/h5-6H,3-4H2,1-2H3,(H,12,13)(H,14,15). The van der Waals surface area contributed by atoms with Gasteiger partial charge in [-0.25, -0.2) is 0 Å². The van der Waals surface area contributed by atoms with Gasteiger partial charge in [0.2, 0.25) is 0 Å². The lowest BCUT2D eigenvalue weighted by molar-refractivity contribution is -0.157. The summed E-state index contributed by atoms with van der Waals surface area (Å²) < 4.78 is 0. The van der Waals surface area contributed by atoms with Gasteiger partial charge in [0.25, 0.3) is 0 Å². The molecule has 0 saturated heterocycles. The van der Waals surface area contributed by atoms with E-state index < -0.39 is 17.4 Å². The minimum absolute atomic E-state index is 0.0431. The third kappa shape index (κ3) is 1.71. The lowest BCUT2D eigenvalue weighted by Gasteiger charge is -2.23. The SMILES string of the molecule is CCc1sccc1C(CC)(C(=O)O)C(=O)O. The molecule has 1 rings (SSSR count). The van der Waals surface area contributed by atoms with Crippen molar-refractivity contribution in [3.05, 3.63) is 21.9 Å². The van der Waals surface area contributed by atoms with Gasteiger partial charge in [0.1, 0.15) is 0 Å². The molecular formula is C11H14O4S. The molecule has 0 aromatic carbocycles. The van der Waals surface area contributed by atoms with E-state index in [-0.39, 0.29) is 6.42 Å². The molecule has 1 aromatic rings. The van der Waals surface area contributed by atoms with Crippen molar-refractivity contribution in [2.75, 3.05) is 0 Å². The second kappa shape index (κ2) is 4.65. The molecule has 0 fully saturated rings. The summed E-state index contributed by atoms with van der Waals surface area (Å²) in [6, 6.07) is 1.61. The lowest BCUT2D eigenvalue weighted by atomic mass is 9.78. The molecule has 0 spiro atoms. The molecule has 1 aromatic heterocycles. The number of aryl methyl sites for hydroxylation is 1. The van der Waals surface area contributed by atoms with E-state index in [4.69, 9.17) is 0 Å². The molecule has 0 aliphatic rings. The number of hydrogen-bond acceptors (Lipinski definition) is 3. The Morgan fingerprint density at radius 2 is 1.88 bits per heavy atom. The second-order valence-corrected chi connectivity index (χ2v) is 4.48. The number of rotatable bonds is 5. The fourth-order valence-electron chi connectivity index (χ4n) is 1.81. The Morgan fingerprint density at radius 3 is 2.25 bits per heavy atom. The number of carboxylic acid groups (broad SMARTS) is 2. The fourth-order valence-corrected chi connectivity index (χ4v) is 2.71. The highest BCUT2D eigenvalue weighted by molar-refractivity contribution is 7.10. The van der Waals surface area contributed by atoms with Crippen LogP contribution in [0.4, 0.5) is 0 Å². The van der Waals surface area contributed by atoms with Gasteiger partial charge < -0.3 is 10.2 Å². The minimum atomic E-state index is -1.80. The van der Waals surface area contributed by atoms with Crippen LogP contribution >= 0.6 is 11.3 Å². The van der Waals surface area contributed by atoms with Crippen molar-refractivity contribution < 1.29 is 19.8 Å². The molecule has 0 aliphatic heterocycles. The van der Waals surface area contributed by atoms with E-state index in [9.17, 15) is 19.8 Å². The van der Waals surface area contributed by atoms with Gasteiger partial charge >= 0.3 is 11.9 Å². The Bertz CT molecular complexity index is 394. The van der Waals surface area contributed by atoms with E-state index in [1.165, 1.54) is 11.3 Å². The zero-order valence-corrected chi connectivity index (χ0v) is 10.0. The van der Waals surface area contributed by atoms with Crippen LogP contribution in [0, 0.1) is 0 Å². The predicted molar refractivity (Wildman–Crippen MR) is 60.9 cm³/mol. The second-order valence-electron chi connectivity index (χ2n) is 3.48. The molecule has 0 unspecified atom stereocenters. The summed E-state index contributed by atoms with van der Waals surface area (Å²) in [5, 5.41) is 20.2. The number of aliphatic carboxylic acids is 2. The third-order valence-corrected chi connectivity index (χ3v) is 3.85. The van der Waals surface area contributed by atoms with Crippen LogP contribution < -0.4 is 0 Å². The summed E-state index contributed by atoms with van der Waals surface area (Å²) in [6.07, 6.45) is 0.691. The molecule has 88 valence electrons. The minimum Gasteiger partial charge on any atom is -0.480 e. The van der Waals surface area contributed by atoms with Crippen molar-refractivity contribution >= 4 is 23.3 Å². The first-order valence-corrected chi connectivity index (χ1v) is 5.92. The highest BCUT2D eigenvalue weighted by Gasteiger charge is 2.48. The van der Waals surface area contributed by atoms with E-state index in [2.05, 4.69) is 0 Å². The molecule has 2 N–H and O–H groups in total. The average molecular weight is 242 g/mol. The summed E-state index contributed by atoms with van der Waals surface area (Å²) in [6.45, 7) is 3.47. The predicted octanol–water partition coefficient (Wildman–Crippen LogP) is 2.13. The smallest absolute Gasteiger partial charge is 0.325 e. The van der Waals surface area contributed by atoms with Gasteiger partial charge in [-0.05, 0) is 29.9 Å². The van der Waals surface area contributed by atoms with E-state index in [0.29, 0.717) is 12.0 Å². The molecular weight excluding hydrogens is 228 g/mol. The molecule has 1 heterocycles. The van der Waals surface area contributed by atoms with E-state index in [1.807, 2.05) is 6.92 Å². The molecule has 0 saturated carbocycles. The monoisotopic (exact) mass is 242 g/mol. The highest BCUT2D eigenvalue weighted by atomic mass is 32.1. The van der Waals surface area contributed by atoms with Crippen molar-refractivity contribution in [3.63, 3.8) is 0 Å². The first kappa shape index (κ1) is 12.7.